The number of nitrogens with zero attached hydrogens (tertiary/aromatic N) is 4. The Balaban J connectivity index is 1.47. The van der Waals surface area contributed by atoms with Gasteiger partial charge in [0, 0.05) is 38.8 Å². The molecule has 2 atom stereocenters. The number of aromatic nitrogens is 2. The van der Waals surface area contributed by atoms with Crippen LogP contribution in [0.2, 0.25) is 0 Å². The minimum Gasteiger partial charge on any atom is -0.459 e. The SMILES string of the molecule is Cn1cc(C(=O)C[C@@H]2CCCN2C(=O)[C@H]2CCCCN2C(=O)c2ccco2)cn1. The van der Waals surface area contributed by atoms with Gasteiger partial charge in [0.05, 0.1) is 18.0 Å². The second kappa shape index (κ2) is 8.23. The van der Waals surface area contributed by atoms with Crippen LogP contribution in [0.1, 0.15) is 59.4 Å². The van der Waals surface area contributed by atoms with E-state index in [-0.39, 0.29) is 35.8 Å². The van der Waals surface area contributed by atoms with Crippen LogP contribution in [0.15, 0.2) is 35.2 Å². The predicted octanol–water partition coefficient (Wildman–Crippen LogP) is 2.27. The number of hydrogen-bond acceptors (Lipinski definition) is 5. The maximum absolute atomic E-state index is 13.4. The summed E-state index contributed by atoms with van der Waals surface area (Å²) in [4.78, 5) is 42.3. The number of ketones is 1. The fourth-order valence-corrected chi connectivity index (χ4v) is 4.40. The van der Waals surface area contributed by atoms with Crippen molar-refractivity contribution in [1.82, 2.24) is 19.6 Å². The normalized spacial score (nSPS) is 22.1. The molecule has 0 bridgehead atoms. The summed E-state index contributed by atoms with van der Waals surface area (Å²) < 4.78 is 6.86. The minimum atomic E-state index is -0.490. The number of rotatable bonds is 5. The van der Waals surface area contributed by atoms with Crippen molar-refractivity contribution in [3.05, 3.63) is 42.1 Å². The molecule has 0 unspecified atom stereocenters. The van der Waals surface area contributed by atoms with E-state index in [9.17, 15) is 14.4 Å². The van der Waals surface area contributed by atoms with Crippen molar-refractivity contribution < 1.29 is 18.8 Å². The van der Waals surface area contributed by atoms with E-state index >= 15 is 0 Å². The molecular formula is C21H26N4O4. The van der Waals surface area contributed by atoms with Gasteiger partial charge in [-0.15, -0.1) is 0 Å². The summed E-state index contributed by atoms with van der Waals surface area (Å²) in [6.45, 7) is 1.17. The van der Waals surface area contributed by atoms with E-state index in [4.69, 9.17) is 4.42 Å². The molecule has 29 heavy (non-hydrogen) atoms. The second-order valence-electron chi connectivity index (χ2n) is 7.85. The molecule has 0 aromatic carbocycles. The maximum atomic E-state index is 13.4. The lowest BCUT2D eigenvalue weighted by molar-refractivity contribution is -0.138. The summed E-state index contributed by atoms with van der Waals surface area (Å²) in [5.41, 5.74) is 0.569. The molecule has 0 saturated carbocycles. The number of amides is 2. The smallest absolute Gasteiger partial charge is 0.290 e. The van der Waals surface area contributed by atoms with Crippen LogP contribution in [-0.2, 0) is 11.8 Å². The lowest BCUT2D eigenvalue weighted by atomic mass is 9.99. The van der Waals surface area contributed by atoms with Crippen molar-refractivity contribution in [3.63, 3.8) is 0 Å². The van der Waals surface area contributed by atoms with Crippen molar-refractivity contribution in [2.24, 2.45) is 7.05 Å². The van der Waals surface area contributed by atoms with Gasteiger partial charge in [0.25, 0.3) is 5.91 Å². The zero-order valence-corrected chi connectivity index (χ0v) is 16.6. The van der Waals surface area contributed by atoms with Gasteiger partial charge >= 0.3 is 0 Å². The van der Waals surface area contributed by atoms with Gasteiger partial charge in [-0.25, -0.2) is 0 Å². The van der Waals surface area contributed by atoms with Gasteiger partial charge in [0.1, 0.15) is 6.04 Å². The Morgan fingerprint density at radius 2 is 1.97 bits per heavy atom. The second-order valence-corrected chi connectivity index (χ2v) is 7.85. The van der Waals surface area contributed by atoms with Crippen LogP contribution < -0.4 is 0 Å². The molecule has 8 heteroatoms. The van der Waals surface area contributed by atoms with E-state index in [2.05, 4.69) is 5.10 Å². The van der Waals surface area contributed by atoms with Gasteiger partial charge in [0.15, 0.2) is 11.5 Å². The molecule has 0 spiro atoms. The van der Waals surface area contributed by atoms with Crippen molar-refractivity contribution >= 4 is 17.6 Å². The summed E-state index contributed by atoms with van der Waals surface area (Å²) in [6, 6.07) is 2.69. The van der Waals surface area contributed by atoms with Crippen LogP contribution in [0.4, 0.5) is 0 Å². The number of likely N-dealkylation sites (tertiary alicyclic amines) is 2. The molecule has 2 aliphatic heterocycles. The molecule has 2 aromatic rings. The maximum Gasteiger partial charge on any atom is 0.290 e. The van der Waals surface area contributed by atoms with E-state index in [1.807, 2.05) is 4.90 Å². The Hall–Kier alpha value is -2.90. The monoisotopic (exact) mass is 398 g/mol. The lowest BCUT2D eigenvalue weighted by Gasteiger charge is -2.37. The van der Waals surface area contributed by atoms with Crippen LogP contribution in [0.5, 0.6) is 0 Å². The summed E-state index contributed by atoms with van der Waals surface area (Å²) in [5, 5.41) is 4.06. The van der Waals surface area contributed by atoms with E-state index in [0.29, 0.717) is 25.1 Å². The highest BCUT2D eigenvalue weighted by Crippen LogP contribution is 2.27. The van der Waals surface area contributed by atoms with Crippen LogP contribution >= 0.6 is 0 Å². The first-order valence-corrected chi connectivity index (χ1v) is 10.2. The topological polar surface area (TPSA) is 88.7 Å². The van der Waals surface area contributed by atoms with Gasteiger partial charge < -0.3 is 14.2 Å². The Labute approximate surface area is 169 Å². The average Bonchev–Trinajstić information content (AvgIpc) is 3.49. The third kappa shape index (κ3) is 3.97. The first-order valence-electron chi connectivity index (χ1n) is 10.2. The highest BCUT2D eigenvalue weighted by atomic mass is 16.3. The summed E-state index contributed by atoms with van der Waals surface area (Å²) in [7, 11) is 1.77. The molecule has 2 aromatic heterocycles. The Bertz CT molecular complexity index is 888. The fourth-order valence-electron chi connectivity index (χ4n) is 4.40. The Morgan fingerprint density at radius 1 is 1.14 bits per heavy atom. The number of Topliss-reactive ketones (excluding diaryl/α,β-unsaturated/α-hetero) is 1. The lowest BCUT2D eigenvalue weighted by Crippen LogP contribution is -2.54. The van der Waals surface area contributed by atoms with E-state index in [1.165, 1.54) is 6.26 Å². The van der Waals surface area contributed by atoms with E-state index in [1.54, 1.807) is 41.2 Å². The quantitative estimate of drug-likeness (QED) is 0.721. The van der Waals surface area contributed by atoms with E-state index < -0.39 is 6.04 Å². The molecule has 8 nitrogen and oxygen atoms in total. The van der Waals surface area contributed by atoms with Gasteiger partial charge in [0.2, 0.25) is 5.91 Å². The molecule has 2 amide bonds. The molecule has 0 radical (unpaired) electrons. The largest absolute Gasteiger partial charge is 0.459 e. The fraction of sp³-hybridized carbons (Fsp3) is 0.524. The molecule has 0 N–H and O–H groups in total. The number of carbonyl (C=O) groups is 3. The number of carbonyl (C=O) groups excluding carboxylic acids is 3. The molecule has 0 aliphatic carbocycles. The molecule has 154 valence electrons. The van der Waals surface area contributed by atoms with Gasteiger partial charge in [-0.05, 0) is 44.2 Å². The van der Waals surface area contributed by atoms with Crippen molar-refractivity contribution in [2.75, 3.05) is 13.1 Å². The average molecular weight is 398 g/mol. The molecule has 4 heterocycles. The molecule has 2 saturated heterocycles. The van der Waals surface area contributed by atoms with Crippen molar-refractivity contribution in [3.8, 4) is 0 Å². The molecule has 2 fully saturated rings. The number of furan rings is 1. The first-order chi connectivity index (χ1) is 14.0. The zero-order valence-electron chi connectivity index (χ0n) is 16.6. The van der Waals surface area contributed by atoms with Crippen LogP contribution in [0.3, 0.4) is 0 Å². The van der Waals surface area contributed by atoms with Gasteiger partial charge in [-0.1, -0.05) is 0 Å². The van der Waals surface area contributed by atoms with Crippen molar-refractivity contribution in [1.29, 1.82) is 0 Å². The van der Waals surface area contributed by atoms with Crippen LogP contribution in [-0.4, -0.2) is 62.4 Å². The highest BCUT2D eigenvalue weighted by Gasteiger charge is 2.40. The van der Waals surface area contributed by atoms with Crippen molar-refractivity contribution in [2.45, 2.75) is 50.6 Å². The summed E-state index contributed by atoms with van der Waals surface area (Å²) >= 11 is 0. The number of aryl methyl sites for hydroxylation is 1. The summed E-state index contributed by atoms with van der Waals surface area (Å²) in [6.07, 6.45) is 9.12. The molecular weight excluding hydrogens is 372 g/mol. The minimum absolute atomic E-state index is 0.00466. The number of hydrogen-bond donors (Lipinski definition) is 0. The van der Waals surface area contributed by atoms with Gasteiger partial charge in [-0.2, -0.15) is 5.10 Å². The van der Waals surface area contributed by atoms with Crippen LogP contribution in [0.25, 0.3) is 0 Å². The molecule has 4 rings (SSSR count). The predicted molar refractivity (Wildman–Crippen MR) is 104 cm³/mol. The van der Waals surface area contributed by atoms with Crippen LogP contribution in [0, 0.1) is 0 Å². The third-order valence-electron chi connectivity index (χ3n) is 5.89. The zero-order chi connectivity index (χ0) is 20.4. The standard InChI is InChI=1S/C21H26N4O4/c1-23-14-15(13-22-23)18(26)12-16-6-4-10-24(16)20(27)17-7-2-3-9-25(17)21(28)19-8-5-11-29-19/h5,8,11,13-14,16-17H,2-4,6-7,9-10,12H2,1H3/t16-,17+/m0/s1. The number of piperidine rings is 1. The van der Waals surface area contributed by atoms with E-state index in [0.717, 1.165) is 25.7 Å². The Morgan fingerprint density at radius 3 is 2.69 bits per heavy atom. The molecule has 2 aliphatic rings. The first kappa shape index (κ1) is 19.4. The highest BCUT2D eigenvalue weighted by molar-refractivity contribution is 5.97. The van der Waals surface area contributed by atoms with Gasteiger partial charge in [-0.3, -0.25) is 19.1 Å². The summed E-state index contributed by atoms with van der Waals surface area (Å²) in [5.74, 6) is -0.0364. The Kier molecular flexibility index (Phi) is 5.51. The third-order valence-corrected chi connectivity index (χ3v) is 5.89.